The molecule has 2 heterocycles. The van der Waals surface area contributed by atoms with Gasteiger partial charge in [-0.25, -0.2) is 9.67 Å². The molecule has 2 aromatic heterocycles. The molecule has 5 heteroatoms. The molecule has 2 rings (SSSR count). The van der Waals surface area contributed by atoms with Crippen LogP contribution in [0.15, 0.2) is 18.5 Å². The third-order valence-corrected chi connectivity index (χ3v) is 2.70. The Morgan fingerprint density at radius 1 is 1.21 bits per heavy atom. The van der Waals surface area contributed by atoms with Gasteiger partial charge in [-0.05, 0) is 40.7 Å². The molecule has 0 spiro atoms. The summed E-state index contributed by atoms with van der Waals surface area (Å²) < 4.78 is 1.82. The third kappa shape index (κ3) is 3.61. The molecule has 0 saturated heterocycles. The fourth-order valence-electron chi connectivity index (χ4n) is 1.80. The quantitative estimate of drug-likeness (QED) is 0.917. The highest BCUT2D eigenvalue weighted by Gasteiger charge is 2.10. The van der Waals surface area contributed by atoms with Crippen molar-refractivity contribution in [3.05, 3.63) is 35.5 Å². The molecule has 0 amide bonds. The van der Waals surface area contributed by atoms with Crippen LogP contribution in [-0.2, 0) is 6.54 Å². The normalized spacial score (nSPS) is 11.8. The van der Waals surface area contributed by atoms with Gasteiger partial charge < -0.3 is 5.32 Å². The van der Waals surface area contributed by atoms with Gasteiger partial charge >= 0.3 is 0 Å². The van der Waals surface area contributed by atoms with Crippen molar-refractivity contribution in [2.75, 3.05) is 0 Å². The van der Waals surface area contributed by atoms with Crippen LogP contribution in [0.25, 0.3) is 5.82 Å². The van der Waals surface area contributed by atoms with E-state index in [2.05, 4.69) is 41.2 Å². The lowest BCUT2D eigenvalue weighted by Gasteiger charge is -2.20. The van der Waals surface area contributed by atoms with E-state index in [0.717, 1.165) is 22.9 Å². The number of aromatic nitrogens is 4. The Labute approximate surface area is 114 Å². The molecule has 19 heavy (non-hydrogen) atoms. The van der Waals surface area contributed by atoms with Crippen molar-refractivity contribution < 1.29 is 0 Å². The van der Waals surface area contributed by atoms with Crippen LogP contribution in [0.5, 0.6) is 0 Å². The van der Waals surface area contributed by atoms with E-state index in [1.54, 1.807) is 12.4 Å². The SMILES string of the molecule is Cc1cc(C)n(-c2cncc(CNC(C)(C)C)n2)n1. The van der Waals surface area contributed by atoms with Gasteiger partial charge in [-0.15, -0.1) is 0 Å². The van der Waals surface area contributed by atoms with Crippen LogP contribution in [-0.4, -0.2) is 25.3 Å². The highest BCUT2D eigenvalue weighted by Crippen LogP contribution is 2.09. The van der Waals surface area contributed by atoms with E-state index >= 15 is 0 Å². The van der Waals surface area contributed by atoms with Crippen LogP contribution in [0.3, 0.4) is 0 Å². The summed E-state index contributed by atoms with van der Waals surface area (Å²) in [6.07, 6.45) is 3.52. The number of hydrogen-bond donors (Lipinski definition) is 1. The Balaban J connectivity index is 2.22. The minimum Gasteiger partial charge on any atom is -0.306 e. The largest absolute Gasteiger partial charge is 0.306 e. The first kappa shape index (κ1) is 13.7. The maximum absolute atomic E-state index is 4.60. The summed E-state index contributed by atoms with van der Waals surface area (Å²) in [7, 11) is 0. The predicted molar refractivity (Wildman–Crippen MR) is 75.2 cm³/mol. The van der Waals surface area contributed by atoms with Crippen LogP contribution in [0, 0.1) is 13.8 Å². The van der Waals surface area contributed by atoms with Crippen molar-refractivity contribution in [2.45, 2.75) is 46.7 Å². The second-order valence-electron chi connectivity index (χ2n) is 5.81. The zero-order chi connectivity index (χ0) is 14.0. The molecule has 0 aromatic carbocycles. The molecule has 0 saturated carbocycles. The molecule has 0 aliphatic carbocycles. The van der Waals surface area contributed by atoms with Crippen molar-refractivity contribution in [1.29, 1.82) is 0 Å². The highest BCUT2D eigenvalue weighted by molar-refractivity contribution is 5.23. The molecule has 0 aliphatic heterocycles. The molecule has 0 radical (unpaired) electrons. The third-order valence-electron chi connectivity index (χ3n) is 2.70. The van der Waals surface area contributed by atoms with Gasteiger partial charge in [0.1, 0.15) is 0 Å². The zero-order valence-electron chi connectivity index (χ0n) is 12.2. The standard InChI is InChI=1S/C14H21N5/c1-10-6-11(2)19(18-10)13-9-15-7-12(17-13)8-16-14(3,4)5/h6-7,9,16H,8H2,1-5H3. The van der Waals surface area contributed by atoms with Crippen molar-refractivity contribution in [2.24, 2.45) is 0 Å². The Morgan fingerprint density at radius 2 is 1.95 bits per heavy atom. The first-order chi connectivity index (χ1) is 8.85. The molecule has 5 nitrogen and oxygen atoms in total. The molecule has 0 aliphatic rings. The van der Waals surface area contributed by atoms with Crippen LogP contribution < -0.4 is 5.32 Å². The summed E-state index contributed by atoms with van der Waals surface area (Å²) in [5, 5.41) is 7.83. The number of nitrogens with one attached hydrogen (secondary N) is 1. The summed E-state index contributed by atoms with van der Waals surface area (Å²) in [6, 6.07) is 2.03. The summed E-state index contributed by atoms with van der Waals surface area (Å²) in [4.78, 5) is 8.84. The van der Waals surface area contributed by atoms with Gasteiger partial charge in [0.15, 0.2) is 5.82 Å². The zero-order valence-corrected chi connectivity index (χ0v) is 12.2. The van der Waals surface area contributed by atoms with Gasteiger partial charge in [-0.2, -0.15) is 5.10 Å². The predicted octanol–water partition coefficient (Wildman–Crippen LogP) is 2.17. The fourth-order valence-corrected chi connectivity index (χ4v) is 1.80. The smallest absolute Gasteiger partial charge is 0.172 e. The van der Waals surface area contributed by atoms with Crippen LogP contribution in [0.1, 0.15) is 37.9 Å². The first-order valence-electron chi connectivity index (χ1n) is 6.45. The summed E-state index contributed by atoms with van der Waals surface area (Å²) in [6.45, 7) is 11.1. The molecule has 0 unspecified atom stereocenters. The Morgan fingerprint density at radius 3 is 2.53 bits per heavy atom. The number of nitrogens with zero attached hydrogens (tertiary/aromatic N) is 4. The summed E-state index contributed by atoms with van der Waals surface area (Å²) in [5.41, 5.74) is 3.03. The summed E-state index contributed by atoms with van der Waals surface area (Å²) in [5.74, 6) is 0.763. The molecular formula is C14H21N5. The number of hydrogen-bond acceptors (Lipinski definition) is 4. The summed E-state index contributed by atoms with van der Waals surface area (Å²) >= 11 is 0. The number of rotatable bonds is 3. The fraction of sp³-hybridized carbons (Fsp3) is 0.500. The van der Waals surface area contributed by atoms with E-state index in [9.17, 15) is 0 Å². The van der Waals surface area contributed by atoms with E-state index in [1.807, 2.05) is 24.6 Å². The van der Waals surface area contributed by atoms with Crippen molar-refractivity contribution in [1.82, 2.24) is 25.1 Å². The first-order valence-corrected chi connectivity index (χ1v) is 6.45. The average molecular weight is 259 g/mol. The molecule has 2 aromatic rings. The van der Waals surface area contributed by atoms with Crippen molar-refractivity contribution in [3.63, 3.8) is 0 Å². The Kier molecular flexibility index (Phi) is 3.66. The van der Waals surface area contributed by atoms with E-state index in [4.69, 9.17) is 0 Å². The molecule has 0 atom stereocenters. The molecule has 102 valence electrons. The lowest BCUT2D eigenvalue weighted by Crippen LogP contribution is -2.35. The van der Waals surface area contributed by atoms with Gasteiger partial charge in [-0.1, -0.05) is 0 Å². The van der Waals surface area contributed by atoms with Crippen molar-refractivity contribution >= 4 is 0 Å². The van der Waals surface area contributed by atoms with Gasteiger partial charge in [0.25, 0.3) is 0 Å². The van der Waals surface area contributed by atoms with Gasteiger partial charge in [0.2, 0.25) is 0 Å². The average Bonchev–Trinajstić information content (AvgIpc) is 2.65. The Bertz CT molecular complexity index is 565. The molecule has 1 N–H and O–H groups in total. The Hall–Kier alpha value is -1.75. The lowest BCUT2D eigenvalue weighted by molar-refractivity contribution is 0.420. The van der Waals surface area contributed by atoms with Crippen molar-refractivity contribution in [3.8, 4) is 5.82 Å². The van der Waals surface area contributed by atoms with E-state index in [-0.39, 0.29) is 5.54 Å². The number of aryl methyl sites for hydroxylation is 2. The van der Waals surface area contributed by atoms with Gasteiger partial charge in [-0.3, -0.25) is 4.98 Å². The second kappa shape index (κ2) is 5.09. The van der Waals surface area contributed by atoms with Gasteiger partial charge in [0, 0.05) is 24.0 Å². The molecule has 0 fully saturated rings. The molecular weight excluding hydrogens is 238 g/mol. The maximum atomic E-state index is 4.60. The van der Waals surface area contributed by atoms with E-state index < -0.39 is 0 Å². The van der Waals surface area contributed by atoms with Crippen LogP contribution in [0.2, 0.25) is 0 Å². The minimum absolute atomic E-state index is 0.0654. The van der Waals surface area contributed by atoms with E-state index in [1.165, 1.54) is 0 Å². The lowest BCUT2D eigenvalue weighted by atomic mass is 10.1. The highest BCUT2D eigenvalue weighted by atomic mass is 15.3. The van der Waals surface area contributed by atoms with Crippen LogP contribution in [0.4, 0.5) is 0 Å². The van der Waals surface area contributed by atoms with E-state index in [0.29, 0.717) is 6.54 Å². The maximum Gasteiger partial charge on any atom is 0.172 e. The monoisotopic (exact) mass is 259 g/mol. The minimum atomic E-state index is 0.0654. The second-order valence-corrected chi connectivity index (χ2v) is 5.81. The topological polar surface area (TPSA) is 55.6 Å². The molecule has 0 bridgehead atoms. The van der Waals surface area contributed by atoms with Gasteiger partial charge in [0.05, 0.1) is 17.6 Å². The van der Waals surface area contributed by atoms with Crippen LogP contribution >= 0.6 is 0 Å².